The van der Waals surface area contributed by atoms with Gasteiger partial charge in [0, 0.05) is 11.8 Å². The van der Waals surface area contributed by atoms with Gasteiger partial charge >= 0.3 is 13.1 Å². The Labute approximate surface area is 223 Å². The number of nitrogens with zero attached hydrogens (tertiary/aromatic N) is 1. The van der Waals surface area contributed by atoms with Crippen LogP contribution in [0.4, 0.5) is 16.2 Å². The van der Waals surface area contributed by atoms with Crippen molar-refractivity contribution in [2.45, 2.75) is 52.7 Å². The van der Waals surface area contributed by atoms with Crippen LogP contribution in [0.3, 0.4) is 0 Å². The lowest BCUT2D eigenvalue weighted by Gasteiger charge is -2.38. The van der Waals surface area contributed by atoms with Gasteiger partial charge in [-0.3, -0.25) is 5.32 Å². The van der Waals surface area contributed by atoms with Crippen molar-refractivity contribution in [3.63, 3.8) is 0 Å². The minimum atomic E-state index is -0.552. The van der Waals surface area contributed by atoms with Crippen LogP contribution in [-0.4, -0.2) is 43.4 Å². The lowest BCUT2D eigenvalue weighted by molar-refractivity contribution is -0.0784. The summed E-state index contributed by atoms with van der Waals surface area (Å²) in [6.45, 7) is 13.0. The zero-order valence-corrected chi connectivity index (χ0v) is 22.9. The van der Waals surface area contributed by atoms with E-state index in [1.165, 1.54) is 0 Å². The lowest BCUT2D eigenvalue weighted by Crippen LogP contribution is -2.45. The van der Waals surface area contributed by atoms with Gasteiger partial charge in [-0.2, -0.15) is 0 Å². The Kier molecular flexibility index (Phi) is 7.45. The normalized spacial score (nSPS) is 20.4. The van der Waals surface area contributed by atoms with Gasteiger partial charge in [-0.05, 0) is 71.3 Å². The fourth-order valence-electron chi connectivity index (χ4n) is 3.78. The molecule has 2 aromatic rings. The molecular formula is C27H34BClN4O4. The van der Waals surface area contributed by atoms with Crippen molar-refractivity contribution in [3.05, 3.63) is 64.8 Å². The molecule has 4 N–H and O–H groups in total. The summed E-state index contributed by atoms with van der Waals surface area (Å²) in [4.78, 5) is 17.5. The number of rotatable bonds is 5. The number of halogens is 1. The van der Waals surface area contributed by atoms with E-state index in [-0.39, 0.29) is 5.41 Å². The van der Waals surface area contributed by atoms with Crippen LogP contribution < -0.4 is 21.8 Å². The number of amides is 2. The van der Waals surface area contributed by atoms with Crippen LogP contribution in [0.25, 0.3) is 0 Å². The molecule has 0 aromatic heterocycles. The molecule has 4 rings (SSSR count). The molecule has 0 spiro atoms. The number of hydrogen-bond donors (Lipinski definition) is 3. The van der Waals surface area contributed by atoms with E-state index in [1.54, 1.807) is 18.2 Å². The monoisotopic (exact) mass is 524 g/mol. The molecule has 10 heteroatoms. The van der Waals surface area contributed by atoms with E-state index in [9.17, 15) is 4.79 Å². The topological polar surface area (TPSA) is 107 Å². The SMILES string of the molecule is Cc1ccc(N=C(/C=C(\N)C2(C)COC2)NC(=O)Nc2ccc(B3OC(C)(C)C(C)(C)O3)cc2Cl)cc1. The van der Waals surface area contributed by atoms with Gasteiger partial charge in [-0.15, -0.1) is 0 Å². The van der Waals surface area contributed by atoms with Crippen molar-refractivity contribution in [2.75, 3.05) is 18.5 Å². The summed E-state index contributed by atoms with van der Waals surface area (Å²) in [5.41, 5.74) is 8.69. The molecule has 2 fully saturated rings. The fourth-order valence-corrected chi connectivity index (χ4v) is 4.02. The van der Waals surface area contributed by atoms with Crippen LogP contribution in [0.1, 0.15) is 40.2 Å². The number of benzene rings is 2. The van der Waals surface area contributed by atoms with Crippen LogP contribution in [0.5, 0.6) is 0 Å². The molecule has 0 aliphatic carbocycles. The largest absolute Gasteiger partial charge is 0.494 e. The smallest absolute Gasteiger partial charge is 0.401 e. The van der Waals surface area contributed by atoms with Gasteiger partial charge in [-0.1, -0.05) is 35.4 Å². The molecule has 37 heavy (non-hydrogen) atoms. The van der Waals surface area contributed by atoms with Crippen molar-refractivity contribution in [2.24, 2.45) is 16.1 Å². The summed E-state index contributed by atoms with van der Waals surface area (Å²) in [5, 5.41) is 5.93. The Balaban J connectivity index is 1.50. The molecule has 0 unspecified atom stereocenters. The molecule has 2 amide bonds. The number of nitrogens with one attached hydrogen (secondary N) is 2. The predicted octanol–water partition coefficient (Wildman–Crippen LogP) is 4.68. The van der Waals surface area contributed by atoms with Gasteiger partial charge in [0.05, 0.1) is 46.2 Å². The Hall–Kier alpha value is -2.85. The number of carbonyl (C=O) groups excluding carboxylic acids is 1. The molecular weight excluding hydrogens is 491 g/mol. The third-order valence-electron chi connectivity index (χ3n) is 7.12. The highest BCUT2D eigenvalue weighted by Crippen LogP contribution is 2.37. The van der Waals surface area contributed by atoms with Crippen molar-refractivity contribution in [1.82, 2.24) is 5.32 Å². The van der Waals surface area contributed by atoms with Crippen LogP contribution in [0.2, 0.25) is 5.02 Å². The highest BCUT2D eigenvalue weighted by atomic mass is 35.5. The van der Waals surface area contributed by atoms with Gasteiger partial charge in [0.25, 0.3) is 0 Å². The van der Waals surface area contributed by atoms with E-state index < -0.39 is 24.4 Å². The van der Waals surface area contributed by atoms with Crippen LogP contribution >= 0.6 is 11.6 Å². The average molecular weight is 525 g/mol. The minimum Gasteiger partial charge on any atom is -0.401 e. The quantitative estimate of drug-likeness (QED) is 0.299. The van der Waals surface area contributed by atoms with Crippen LogP contribution in [-0.2, 0) is 14.0 Å². The van der Waals surface area contributed by atoms with Crippen molar-refractivity contribution < 1.29 is 18.8 Å². The molecule has 0 bridgehead atoms. The highest BCUT2D eigenvalue weighted by Gasteiger charge is 2.51. The molecule has 2 aromatic carbocycles. The summed E-state index contributed by atoms with van der Waals surface area (Å²) in [7, 11) is -0.552. The average Bonchev–Trinajstić information content (AvgIpc) is 3.01. The first kappa shape index (κ1) is 27.2. The Morgan fingerprint density at radius 1 is 1.05 bits per heavy atom. The molecule has 0 saturated carbocycles. The number of aryl methyl sites for hydroxylation is 1. The van der Waals surface area contributed by atoms with Crippen LogP contribution in [0, 0.1) is 12.3 Å². The van der Waals surface area contributed by atoms with E-state index in [0.29, 0.717) is 41.1 Å². The Morgan fingerprint density at radius 2 is 1.68 bits per heavy atom. The fraction of sp³-hybridized carbons (Fsp3) is 0.407. The number of hydrogen-bond acceptors (Lipinski definition) is 6. The van der Waals surface area contributed by atoms with Gasteiger partial charge in [0.15, 0.2) is 0 Å². The molecule has 196 valence electrons. The number of aliphatic imine (C=N–C) groups is 1. The molecule has 0 radical (unpaired) electrons. The van der Waals surface area contributed by atoms with Gasteiger partial charge in [-0.25, -0.2) is 9.79 Å². The zero-order chi connectivity index (χ0) is 27.0. The number of ether oxygens (including phenoxy) is 1. The zero-order valence-electron chi connectivity index (χ0n) is 22.1. The van der Waals surface area contributed by atoms with E-state index >= 15 is 0 Å². The second-order valence-electron chi connectivity index (χ2n) is 10.9. The van der Waals surface area contributed by atoms with Crippen molar-refractivity contribution in [3.8, 4) is 0 Å². The van der Waals surface area contributed by atoms with Crippen molar-refractivity contribution in [1.29, 1.82) is 0 Å². The summed E-state index contributed by atoms with van der Waals surface area (Å²) in [6.07, 6.45) is 1.67. The maximum atomic E-state index is 12.9. The van der Waals surface area contributed by atoms with Crippen LogP contribution in [0.15, 0.2) is 59.2 Å². The van der Waals surface area contributed by atoms with Crippen molar-refractivity contribution >= 4 is 47.4 Å². The Morgan fingerprint density at radius 3 is 2.22 bits per heavy atom. The van der Waals surface area contributed by atoms with E-state index in [4.69, 9.17) is 31.4 Å². The number of urea groups is 1. The highest BCUT2D eigenvalue weighted by molar-refractivity contribution is 6.62. The molecule has 2 aliphatic heterocycles. The third kappa shape index (κ3) is 6.01. The first-order chi connectivity index (χ1) is 17.3. The number of amidine groups is 1. The second kappa shape index (κ2) is 10.1. The van der Waals surface area contributed by atoms with E-state index in [0.717, 1.165) is 11.0 Å². The summed E-state index contributed by atoms with van der Waals surface area (Å²) in [6, 6.07) is 12.4. The molecule has 0 atom stereocenters. The maximum Gasteiger partial charge on any atom is 0.494 e. The minimum absolute atomic E-state index is 0.293. The van der Waals surface area contributed by atoms with E-state index in [1.807, 2.05) is 71.9 Å². The second-order valence-corrected chi connectivity index (χ2v) is 11.3. The number of nitrogens with two attached hydrogens (primary N) is 1. The third-order valence-corrected chi connectivity index (χ3v) is 7.43. The Bertz CT molecular complexity index is 1220. The summed E-state index contributed by atoms with van der Waals surface area (Å²) in [5.74, 6) is 0.303. The maximum absolute atomic E-state index is 12.9. The number of carbonyl (C=O) groups is 1. The molecule has 8 nitrogen and oxygen atoms in total. The van der Waals surface area contributed by atoms with Gasteiger partial charge < -0.3 is 25.1 Å². The summed E-state index contributed by atoms with van der Waals surface area (Å²) >= 11 is 6.52. The standard InChI is InChI=1S/C27H34BClN4O4/c1-17-7-10-19(11-8-17)31-23(14-22(30)27(6)15-35-16-27)33-24(34)32-21-12-9-18(13-20(21)29)28-36-25(2,3)26(4,5)37-28/h7-14H,15-16,30H2,1-6H3,(H2,31,32,33,34)/b22-14-. The first-order valence-electron chi connectivity index (χ1n) is 12.2. The lowest BCUT2D eigenvalue weighted by atomic mass is 9.79. The molecule has 2 saturated heterocycles. The molecule has 2 heterocycles. The summed E-state index contributed by atoms with van der Waals surface area (Å²) < 4.78 is 17.5. The predicted molar refractivity (Wildman–Crippen MR) is 149 cm³/mol. The van der Waals surface area contributed by atoms with E-state index in [2.05, 4.69) is 15.6 Å². The number of anilines is 1. The first-order valence-corrected chi connectivity index (χ1v) is 12.6. The van der Waals surface area contributed by atoms with Gasteiger partial charge in [0.1, 0.15) is 5.84 Å². The van der Waals surface area contributed by atoms with Gasteiger partial charge in [0.2, 0.25) is 0 Å². The molecule has 2 aliphatic rings.